The third kappa shape index (κ3) is 2.96. The molecule has 184 valence electrons. The highest BCUT2D eigenvalue weighted by Crippen LogP contribution is 2.68. The topological polar surface area (TPSA) is 99.7 Å². The van der Waals surface area contributed by atoms with E-state index in [0.717, 1.165) is 21.9 Å². The molecule has 7 atom stereocenters. The third-order valence-electron chi connectivity index (χ3n) is 8.38. The van der Waals surface area contributed by atoms with Crippen LogP contribution in [-0.4, -0.2) is 33.8 Å². The summed E-state index contributed by atoms with van der Waals surface area (Å²) in [6.45, 7) is 2.29. The Kier molecular flexibility index (Phi) is 4.92. The van der Waals surface area contributed by atoms with Crippen molar-refractivity contribution in [2.75, 3.05) is 11.5 Å². The van der Waals surface area contributed by atoms with Gasteiger partial charge in [0.1, 0.15) is 0 Å². The van der Waals surface area contributed by atoms with E-state index in [9.17, 15) is 19.5 Å². The van der Waals surface area contributed by atoms with Crippen molar-refractivity contribution in [3.63, 3.8) is 0 Å². The fourth-order valence-electron chi connectivity index (χ4n) is 7.22. The Morgan fingerprint density at radius 3 is 2.56 bits per heavy atom. The number of carbonyl (C=O) groups excluding carboxylic acids is 2. The van der Waals surface area contributed by atoms with Crippen molar-refractivity contribution in [2.45, 2.75) is 29.5 Å². The molecule has 3 heterocycles. The molecule has 2 bridgehead atoms. The maximum Gasteiger partial charge on any atom is 0.305 e. The first-order valence-corrected chi connectivity index (χ1v) is 14.0. The molecule has 2 amide bonds. The summed E-state index contributed by atoms with van der Waals surface area (Å²) in [6.07, 6.45) is 0.837. The number of aromatic nitrogens is 1. The summed E-state index contributed by atoms with van der Waals surface area (Å²) in [5.41, 5.74) is 1.60. The van der Waals surface area contributed by atoms with Crippen molar-refractivity contribution < 1.29 is 19.4 Å². The molecule has 2 aliphatic heterocycles. The summed E-state index contributed by atoms with van der Waals surface area (Å²) in [5.74, 6) is -0.246. The number of hydrogen-bond donors (Lipinski definition) is 2. The van der Waals surface area contributed by atoms with Crippen LogP contribution in [-0.2, 0) is 9.59 Å². The second-order valence-electron chi connectivity index (χ2n) is 9.97. The fourth-order valence-corrected chi connectivity index (χ4v) is 10.1. The molecule has 2 saturated carbocycles. The van der Waals surface area contributed by atoms with E-state index in [-0.39, 0.29) is 63.2 Å². The van der Waals surface area contributed by atoms with E-state index in [1.807, 2.05) is 49.4 Å². The highest BCUT2D eigenvalue weighted by Gasteiger charge is 2.69. The largest absolute Gasteiger partial charge is 0.504 e. The number of phenols is 1. The van der Waals surface area contributed by atoms with E-state index in [1.165, 1.54) is 16.2 Å². The Hall–Kier alpha value is -3.04. The number of aromatic amines is 1. The van der Waals surface area contributed by atoms with Gasteiger partial charge in [-0.15, -0.1) is 11.8 Å². The van der Waals surface area contributed by atoms with Crippen LogP contribution >= 0.6 is 23.1 Å². The van der Waals surface area contributed by atoms with Crippen molar-refractivity contribution in [2.24, 2.45) is 29.6 Å². The number of benzene rings is 2. The number of hydrogen-bond acceptors (Lipinski definition) is 7. The lowest BCUT2D eigenvalue weighted by Gasteiger charge is -2.43. The number of amides is 2. The molecule has 7 rings (SSSR count). The molecule has 0 spiro atoms. The Labute approximate surface area is 215 Å². The van der Waals surface area contributed by atoms with Crippen LogP contribution in [0.4, 0.5) is 5.69 Å². The number of rotatable bonds is 4. The second-order valence-corrected chi connectivity index (χ2v) is 12.2. The van der Waals surface area contributed by atoms with Crippen molar-refractivity contribution >= 4 is 40.6 Å². The first-order valence-electron chi connectivity index (χ1n) is 12.3. The average Bonchev–Trinajstić information content (AvgIpc) is 3.60. The molecule has 2 N–H and O–H groups in total. The standard InChI is InChI=1S/C27H24N2O5S2/c1-2-34-17-10-12(8-9-16(17)30)18-19-14-11-15(22(19)35-24-23(18)36-27(33)28-24)21-20(14)25(31)29(26(21)32)13-6-4-3-5-7-13/h3-10,14-15,18-22,30H,2,11H2,1H3,(H,28,33)/t14-,15+,18-,19+,20+,21+,22+/m0/s1. The summed E-state index contributed by atoms with van der Waals surface area (Å²) in [5, 5.41) is 11.3. The Morgan fingerprint density at radius 1 is 1.06 bits per heavy atom. The van der Waals surface area contributed by atoms with Crippen LogP contribution in [0.15, 0.2) is 58.4 Å². The predicted molar refractivity (Wildman–Crippen MR) is 137 cm³/mol. The minimum Gasteiger partial charge on any atom is -0.504 e. The number of para-hydroxylation sites is 1. The number of anilines is 1. The van der Waals surface area contributed by atoms with Crippen LogP contribution in [0, 0.1) is 29.6 Å². The zero-order chi connectivity index (χ0) is 24.7. The lowest BCUT2D eigenvalue weighted by Crippen LogP contribution is -2.42. The van der Waals surface area contributed by atoms with Gasteiger partial charge in [0.25, 0.3) is 0 Å². The van der Waals surface area contributed by atoms with Gasteiger partial charge in [0.05, 0.1) is 29.2 Å². The molecule has 7 nitrogen and oxygen atoms in total. The summed E-state index contributed by atoms with van der Waals surface area (Å²) in [7, 11) is 0. The Morgan fingerprint density at radius 2 is 1.81 bits per heavy atom. The van der Waals surface area contributed by atoms with Gasteiger partial charge in [-0.05, 0) is 60.9 Å². The fraction of sp³-hybridized carbons (Fsp3) is 0.370. The van der Waals surface area contributed by atoms with Crippen molar-refractivity contribution in [3.8, 4) is 11.5 Å². The Bertz CT molecular complexity index is 1450. The van der Waals surface area contributed by atoms with E-state index in [2.05, 4.69) is 4.98 Å². The van der Waals surface area contributed by atoms with Gasteiger partial charge in [-0.3, -0.25) is 19.3 Å². The summed E-state index contributed by atoms with van der Waals surface area (Å²) >= 11 is 2.89. The Balaban J connectivity index is 1.33. The van der Waals surface area contributed by atoms with Gasteiger partial charge in [0, 0.05) is 16.0 Å². The molecule has 0 unspecified atom stereocenters. The number of fused-ring (bicyclic) bond motifs is 9. The van der Waals surface area contributed by atoms with E-state index in [0.29, 0.717) is 18.0 Å². The number of imide groups is 1. The first-order chi connectivity index (χ1) is 17.5. The number of H-pyrrole nitrogens is 1. The van der Waals surface area contributed by atoms with E-state index >= 15 is 0 Å². The summed E-state index contributed by atoms with van der Waals surface area (Å²) < 4.78 is 5.67. The van der Waals surface area contributed by atoms with Gasteiger partial charge < -0.3 is 14.8 Å². The molecule has 1 aromatic heterocycles. The van der Waals surface area contributed by atoms with Gasteiger partial charge in [-0.2, -0.15) is 0 Å². The lowest BCUT2D eigenvalue weighted by molar-refractivity contribution is -0.123. The van der Waals surface area contributed by atoms with Gasteiger partial charge >= 0.3 is 4.87 Å². The quantitative estimate of drug-likeness (QED) is 0.500. The van der Waals surface area contributed by atoms with Crippen molar-refractivity contribution in [1.82, 2.24) is 4.98 Å². The number of phenolic OH excluding ortho intramolecular Hbond substituents is 1. The van der Waals surface area contributed by atoms with Crippen LogP contribution < -0.4 is 14.5 Å². The SMILES string of the molecule is CCOc1cc([C@@H]2c3sc(=O)[nH]c3S[C@@H]3[C@@H]4C[C@H]([C@H]5C(=O)N(c6ccccc6)C(=O)[C@H]45)[C@H]23)ccc1O. The first kappa shape index (κ1) is 22.2. The zero-order valence-corrected chi connectivity index (χ0v) is 21.1. The number of carbonyl (C=O) groups is 2. The predicted octanol–water partition coefficient (Wildman–Crippen LogP) is 4.22. The molecule has 36 heavy (non-hydrogen) atoms. The maximum absolute atomic E-state index is 13.7. The highest BCUT2D eigenvalue weighted by atomic mass is 32.2. The minimum absolute atomic E-state index is 0.0439. The lowest BCUT2D eigenvalue weighted by atomic mass is 9.68. The number of thioether (sulfide) groups is 1. The third-order valence-corrected chi connectivity index (χ3v) is 11.0. The second kappa shape index (κ2) is 7.98. The van der Waals surface area contributed by atoms with Crippen LogP contribution in [0.2, 0.25) is 0 Å². The molecule has 9 heteroatoms. The molecule has 2 aliphatic carbocycles. The highest BCUT2D eigenvalue weighted by molar-refractivity contribution is 8.00. The molecule has 0 radical (unpaired) electrons. The number of thiazole rings is 1. The number of aromatic hydroxyl groups is 1. The van der Waals surface area contributed by atoms with Gasteiger partial charge in [0.15, 0.2) is 11.5 Å². The molecule has 4 aliphatic rings. The van der Waals surface area contributed by atoms with Crippen LogP contribution in [0.3, 0.4) is 0 Å². The smallest absolute Gasteiger partial charge is 0.305 e. The normalized spacial score (nSPS) is 31.9. The summed E-state index contributed by atoms with van der Waals surface area (Å²) in [4.78, 5) is 45.1. The minimum atomic E-state index is -0.340. The van der Waals surface area contributed by atoms with E-state index < -0.39 is 0 Å². The van der Waals surface area contributed by atoms with Crippen LogP contribution in [0.25, 0.3) is 0 Å². The molecular formula is C27H24N2O5S2. The van der Waals surface area contributed by atoms with Crippen molar-refractivity contribution in [3.05, 3.63) is 68.6 Å². The molecule has 3 aromatic rings. The molecule has 2 aromatic carbocycles. The van der Waals surface area contributed by atoms with Crippen molar-refractivity contribution in [1.29, 1.82) is 0 Å². The van der Waals surface area contributed by atoms with Gasteiger partial charge in [-0.1, -0.05) is 35.6 Å². The number of ether oxygens (including phenoxy) is 1. The van der Waals surface area contributed by atoms with E-state index in [1.54, 1.807) is 17.8 Å². The zero-order valence-electron chi connectivity index (χ0n) is 19.4. The molecule has 3 fully saturated rings. The van der Waals surface area contributed by atoms with Crippen LogP contribution in [0.1, 0.15) is 29.7 Å². The number of nitrogens with zero attached hydrogens (tertiary/aromatic N) is 1. The number of nitrogens with one attached hydrogen (secondary N) is 1. The van der Waals surface area contributed by atoms with Gasteiger partial charge in [-0.25, -0.2) is 0 Å². The molecular weight excluding hydrogens is 496 g/mol. The van der Waals surface area contributed by atoms with Gasteiger partial charge in [0.2, 0.25) is 11.8 Å². The average molecular weight is 521 g/mol. The molecule has 1 saturated heterocycles. The maximum atomic E-state index is 13.7. The van der Waals surface area contributed by atoms with Crippen LogP contribution in [0.5, 0.6) is 11.5 Å². The summed E-state index contributed by atoms with van der Waals surface area (Å²) in [6, 6.07) is 14.6. The monoisotopic (exact) mass is 520 g/mol. The van der Waals surface area contributed by atoms with E-state index in [4.69, 9.17) is 4.74 Å².